The van der Waals surface area contributed by atoms with Gasteiger partial charge in [0.25, 0.3) is 0 Å². The molecule has 1 heterocycles. The maximum atomic E-state index is 5.34. The summed E-state index contributed by atoms with van der Waals surface area (Å²) in [5, 5.41) is 0. The van der Waals surface area contributed by atoms with Gasteiger partial charge in [-0.05, 0) is 12.1 Å². The van der Waals surface area contributed by atoms with Crippen LogP contribution in [0, 0.1) is 0 Å². The van der Waals surface area contributed by atoms with Crippen molar-refractivity contribution in [3.63, 3.8) is 0 Å². The fourth-order valence-corrected chi connectivity index (χ4v) is 0.919. The Kier molecular flexibility index (Phi) is 1.08. The van der Waals surface area contributed by atoms with E-state index in [-0.39, 0.29) is 0 Å². The summed E-state index contributed by atoms with van der Waals surface area (Å²) in [4.78, 5) is 0. The summed E-state index contributed by atoms with van der Waals surface area (Å²) in [5.74, 6) is 1.44. The van der Waals surface area contributed by atoms with E-state index < -0.39 is 7.25 Å². The Morgan fingerprint density at radius 3 is 2.10 bits per heavy atom. The molecule has 0 aliphatic carbocycles. The van der Waals surface area contributed by atoms with E-state index in [1.807, 2.05) is 24.3 Å². The van der Waals surface area contributed by atoms with Crippen molar-refractivity contribution in [1.82, 2.24) is 0 Å². The first-order valence-electron chi connectivity index (χ1n) is 3.04. The summed E-state index contributed by atoms with van der Waals surface area (Å²) in [6, 6.07) is 7.39. The molecule has 0 fully saturated rings. The molecule has 1 aliphatic heterocycles. The minimum absolute atomic E-state index is 0.627. The van der Waals surface area contributed by atoms with Gasteiger partial charge in [0.2, 0.25) is 0 Å². The highest BCUT2D eigenvalue weighted by molar-refractivity contribution is 6.43. The van der Waals surface area contributed by atoms with E-state index >= 15 is 0 Å². The molecule has 0 bridgehead atoms. The number of para-hydroxylation sites is 2. The van der Waals surface area contributed by atoms with Crippen LogP contribution >= 0.6 is 0 Å². The summed E-state index contributed by atoms with van der Waals surface area (Å²) in [7, 11) is -0.627. The monoisotopic (exact) mass is 135 g/mol. The van der Waals surface area contributed by atoms with Gasteiger partial charge >= 0.3 is 7.25 Å². The van der Waals surface area contributed by atoms with Gasteiger partial charge in [0.05, 0.1) is 0 Å². The van der Waals surface area contributed by atoms with Crippen LogP contribution in [-0.4, -0.2) is 7.25 Å². The van der Waals surface area contributed by atoms with Crippen molar-refractivity contribution in [3.8, 4) is 11.5 Å². The number of rotatable bonds is 0. The Morgan fingerprint density at radius 2 is 1.60 bits per heavy atom. The maximum Gasteiger partial charge on any atom is 0.695 e. The van der Waals surface area contributed by atoms with Crippen molar-refractivity contribution in [2.75, 3.05) is 0 Å². The lowest BCUT2D eigenvalue weighted by Crippen LogP contribution is -2.35. The molecule has 1 aromatic carbocycles. The van der Waals surface area contributed by atoms with Crippen molar-refractivity contribution < 1.29 is 9.31 Å². The second kappa shape index (κ2) is 1.92. The zero-order valence-electron chi connectivity index (χ0n) is 5.28. The molecule has 2 rings (SSSR count). The summed E-state index contributed by atoms with van der Waals surface area (Å²) in [5.41, 5.74) is 5.34. The molecule has 0 aromatic heterocycles. The first-order valence-corrected chi connectivity index (χ1v) is 3.04. The third-order valence-electron chi connectivity index (χ3n) is 1.34. The first kappa shape index (κ1) is 5.62. The third-order valence-corrected chi connectivity index (χ3v) is 1.34. The molecule has 50 valence electrons. The normalized spacial score (nSPS) is 13.9. The molecule has 1 aromatic rings. The Bertz CT molecular complexity index is 228. The van der Waals surface area contributed by atoms with Gasteiger partial charge in [-0.1, -0.05) is 12.1 Å². The molecule has 4 heteroatoms. The minimum atomic E-state index is -0.627. The predicted octanol–water partition coefficient (Wildman–Crippen LogP) is 0.401. The quantitative estimate of drug-likeness (QED) is 0.523. The smallest absolute Gasteiger partial charge is 0.509 e. The Hall–Kier alpha value is -1.16. The molecular formula is C6H6BNO2. The van der Waals surface area contributed by atoms with Gasteiger partial charge in [-0.2, -0.15) is 0 Å². The summed E-state index contributed by atoms with van der Waals surface area (Å²) < 4.78 is 10.1. The maximum absolute atomic E-state index is 5.34. The minimum Gasteiger partial charge on any atom is -0.509 e. The van der Waals surface area contributed by atoms with Crippen LogP contribution in [0.3, 0.4) is 0 Å². The van der Waals surface area contributed by atoms with E-state index in [0.29, 0.717) is 0 Å². The average Bonchev–Trinajstić information content (AvgIpc) is 2.27. The van der Waals surface area contributed by atoms with E-state index in [1.54, 1.807) is 0 Å². The van der Waals surface area contributed by atoms with Crippen molar-refractivity contribution in [2.24, 2.45) is 5.64 Å². The van der Waals surface area contributed by atoms with E-state index in [9.17, 15) is 0 Å². The Labute approximate surface area is 58.9 Å². The highest BCUT2D eigenvalue weighted by Gasteiger charge is 2.27. The van der Waals surface area contributed by atoms with Crippen molar-refractivity contribution in [2.45, 2.75) is 0 Å². The second-order valence-corrected chi connectivity index (χ2v) is 2.05. The lowest BCUT2D eigenvalue weighted by molar-refractivity contribution is 0.501. The Balaban J connectivity index is 2.42. The molecule has 0 unspecified atom stereocenters. The highest BCUT2D eigenvalue weighted by Crippen LogP contribution is 2.30. The van der Waals surface area contributed by atoms with Gasteiger partial charge in [-0.3, -0.25) is 5.64 Å². The average molecular weight is 135 g/mol. The third kappa shape index (κ3) is 0.734. The Morgan fingerprint density at radius 1 is 1.10 bits per heavy atom. The topological polar surface area (TPSA) is 44.5 Å². The van der Waals surface area contributed by atoms with E-state index in [2.05, 4.69) is 0 Å². The van der Waals surface area contributed by atoms with Crippen LogP contribution in [0.2, 0.25) is 0 Å². The molecular weight excluding hydrogens is 129 g/mol. The summed E-state index contributed by atoms with van der Waals surface area (Å²) in [6.45, 7) is 0. The van der Waals surface area contributed by atoms with E-state index in [0.717, 1.165) is 11.5 Å². The predicted molar refractivity (Wildman–Crippen MR) is 37.6 cm³/mol. The van der Waals surface area contributed by atoms with Crippen molar-refractivity contribution >= 4 is 7.25 Å². The highest BCUT2D eigenvalue weighted by atomic mass is 16.6. The van der Waals surface area contributed by atoms with Crippen LogP contribution in [0.5, 0.6) is 11.5 Å². The van der Waals surface area contributed by atoms with Gasteiger partial charge in [0.1, 0.15) is 11.5 Å². The molecule has 0 spiro atoms. The van der Waals surface area contributed by atoms with Crippen LogP contribution < -0.4 is 15.0 Å². The lowest BCUT2D eigenvalue weighted by Gasteiger charge is -1.91. The van der Waals surface area contributed by atoms with E-state index in [4.69, 9.17) is 15.0 Å². The molecule has 2 N–H and O–H groups in total. The van der Waals surface area contributed by atoms with Crippen LogP contribution in [-0.2, 0) is 0 Å². The number of nitrogens with two attached hydrogens (primary N) is 1. The zero-order chi connectivity index (χ0) is 6.97. The lowest BCUT2D eigenvalue weighted by atomic mass is 10.2. The van der Waals surface area contributed by atoms with Gasteiger partial charge in [-0.15, -0.1) is 0 Å². The largest absolute Gasteiger partial charge is 0.695 e. The molecule has 0 saturated carbocycles. The number of hydrogen-bond acceptors (Lipinski definition) is 3. The second-order valence-electron chi connectivity index (χ2n) is 2.05. The van der Waals surface area contributed by atoms with Crippen LogP contribution in [0.15, 0.2) is 24.3 Å². The standard InChI is InChI=1S/C6H6BNO2/c8-7-9-5-3-1-2-4-6(5)10-7/h1-4H,8H2. The first-order chi connectivity index (χ1) is 4.86. The molecule has 0 saturated heterocycles. The zero-order valence-corrected chi connectivity index (χ0v) is 5.28. The SMILES string of the molecule is NB1Oc2ccccc2O1. The molecule has 0 amide bonds. The van der Waals surface area contributed by atoms with Crippen LogP contribution in [0.4, 0.5) is 0 Å². The van der Waals surface area contributed by atoms with Crippen LogP contribution in [0.25, 0.3) is 0 Å². The van der Waals surface area contributed by atoms with E-state index in [1.165, 1.54) is 0 Å². The van der Waals surface area contributed by atoms with Gasteiger partial charge < -0.3 is 9.31 Å². The van der Waals surface area contributed by atoms with Gasteiger partial charge in [0.15, 0.2) is 0 Å². The van der Waals surface area contributed by atoms with Gasteiger partial charge in [-0.25, -0.2) is 0 Å². The fraction of sp³-hybridized carbons (Fsp3) is 0. The number of benzene rings is 1. The van der Waals surface area contributed by atoms with Gasteiger partial charge in [0, 0.05) is 0 Å². The molecule has 1 aliphatic rings. The molecule has 0 atom stereocenters. The summed E-state index contributed by atoms with van der Waals surface area (Å²) >= 11 is 0. The van der Waals surface area contributed by atoms with Crippen molar-refractivity contribution in [3.05, 3.63) is 24.3 Å². The number of fused-ring (bicyclic) bond motifs is 1. The summed E-state index contributed by atoms with van der Waals surface area (Å²) in [6.07, 6.45) is 0. The molecule has 0 radical (unpaired) electrons. The fourth-order valence-electron chi connectivity index (χ4n) is 0.919. The number of hydrogen-bond donors (Lipinski definition) is 1. The molecule has 10 heavy (non-hydrogen) atoms. The van der Waals surface area contributed by atoms with Crippen LogP contribution in [0.1, 0.15) is 0 Å². The van der Waals surface area contributed by atoms with Crippen molar-refractivity contribution in [1.29, 1.82) is 0 Å². The molecule has 3 nitrogen and oxygen atoms in total.